The standard InChI is InChI=1S/C18H22O/c1-14-9-5-8-12-17(14)19-13-15-10-6-7-11-16(15)18(2,3)4/h5-12H,13H2,1-4H3. The number of hydrogen-bond acceptors (Lipinski definition) is 1. The molecule has 0 aliphatic carbocycles. The molecule has 0 aliphatic rings. The molecule has 2 rings (SSSR count). The van der Waals surface area contributed by atoms with E-state index in [9.17, 15) is 0 Å². The van der Waals surface area contributed by atoms with Gasteiger partial charge in [0.15, 0.2) is 0 Å². The van der Waals surface area contributed by atoms with Gasteiger partial charge in [-0.05, 0) is 35.1 Å². The highest BCUT2D eigenvalue weighted by molar-refractivity contribution is 5.35. The van der Waals surface area contributed by atoms with Crippen molar-refractivity contribution in [2.75, 3.05) is 0 Å². The molecule has 0 bridgehead atoms. The Bertz CT molecular complexity index is 550. The van der Waals surface area contributed by atoms with Gasteiger partial charge in [0.2, 0.25) is 0 Å². The van der Waals surface area contributed by atoms with Crippen LogP contribution in [0, 0.1) is 6.92 Å². The van der Waals surface area contributed by atoms with E-state index < -0.39 is 0 Å². The molecule has 0 atom stereocenters. The van der Waals surface area contributed by atoms with Gasteiger partial charge in [0.1, 0.15) is 12.4 Å². The van der Waals surface area contributed by atoms with E-state index in [0.717, 1.165) is 5.75 Å². The highest BCUT2D eigenvalue weighted by atomic mass is 16.5. The van der Waals surface area contributed by atoms with Crippen LogP contribution in [0.15, 0.2) is 48.5 Å². The van der Waals surface area contributed by atoms with Crippen molar-refractivity contribution in [3.63, 3.8) is 0 Å². The first-order chi connectivity index (χ1) is 8.98. The summed E-state index contributed by atoms with van der Waals surface area (Å²) in [6.07, 6.45) is 0. The average Bonchev–Trinajstić information content (AvgIpc) is 2.37. The fraction of sp³-hybridized carbons (Fsp3) is 0.333. The van der Waals surface area contributed by atoms with Crippen LogP contribution in [0.4, 0.5) is 0 Å². The molecular weight excluding hydrogens is 232 g/mol. The third kappa shape index (κ3) is 3.37. The zero-order valence-corrected chi connectivity index (χ0v) is 12.2. The molecule has 0 amide bonds. The van der Waals surface area contributed by atoms with Crippen LogP contribution in [0.1, 0.15) is 37.5 Å². The molecule has 2 aromatic rings. The quantitative estimate of drug-likeness (QED) is 0.759. The SMILES string of the molecule is Cc1ccccc1OCc1ccccc1C(C)(C)C. The van der Waals surface area contributed by atoms with Crippen LogP contribution in [0.2, 0.25) is 0 Å². The van der Waals surface area contributed by atoms with Gasteiger partial charge >= 0.3 is 0 Å². The van der Waals surface area contributed by atoms with Crippen molar-refractivity contribution in [2.45, 2.75) is 39.7 Å². The van der Waals surface area contributed by atoms with E-state index >= 15 is 0 Å². The molecule has 1 nitrogen and oxygen atoms in total. The molecule has 0 aromatic heterocycles. The first-order valence-corrected chi connectivity index (χ1v) is 6.75. The number of aryl methyl sites for hydroxylation is 1. The minimum atomic E-state index is 0.145. The van der Waals surface area contributed by atoms with Crippen LogP contribution >= 0.6 is 0 Å². The summed E-state index contributed by atoms with van der Waals surface area (Å²) in [5, 5.41) is 0. The lowest BCUT2D eigenvalue weighted by Gasteiger charge is -2.23. The van der Waals surface area contributed by atoms with E-state index in [1.165, 1.54) is 16.7 Å². The minimum Gasteiger partial charge on any atom is -0.489 e. The lowest BCUT2D eigenvalue weighted by molar-refractivity contribution is 0.300. The van der Waals surface area contributed by atoms with Crippen molar-refractivity contribution in [2.24, 2.45) is 0 Å². The lowest BCUT2D eigenvalue weighted by atomic mass is 9.84. The summed E-state index contributed by atoms with van der Waals surface area (Å²) in [6.45, 7) is 9.40. The molecule has 0 radical (unpaired) electrons. The maximum absolute atomic E-state index is 5.96. The third-order valence-electron chi connectivity index (χ3n) is 3.30. The van der Waals surface area contributed by atoms with Gasteiger partial charge in [0.05, 0.1) is 0 Å². The van der Waals surface area contributed by atoms with Gasteiger partial charge in [-0.1, -0.05) is 63.2 Å². The second-order valence-corrected chi connectivity index (χ2v) is 5.96. The van der Waals surface area contributed by atoms with Gasteiger partial charge in [-0.25, -0.2) is 0 Å². The number of benzene rings is 2. The zero-order chi connectivity index (χ0) is 13.9. The highest BCUT2D eigenvalue weighted by Crippen LogP contribution is 2.27. The molecule has 0 fully saturated rings. The predicted molar refractivity (Wildman–Crippen MR) is 80.7 cm³/mol. The summed E-state index contributed by atoms with van der Waals surface area (Å²) in [6, 6.07) is 16.7. The Morgan fingerprint density at radius 1 is 0.895 bits per heavy atom. The third-order valence-corrected chi connectivity index (χ3v) is 3.30. The summed E-state index contributed by atoms with van der Waals surface area (Å²) in [4.78, 5) is 0. The number of ether oxygens (including phenoxy) is 1. The van der Waals surface area contributed by atoms with E-state index in [2.05, 4.69) is 58.0 Å². The largest absolute Gasteiger partial charge is 0.489 e. The Balaban J connectivity index is 2.19. The summed E-state index contributed by atoms with van der Waals surface area (Å²) >= 11 is 0. The second-order valence-electron chi connectivity index (χ2n) is 5.96. The first kappa shape index (κ1) is 13.7. The molecule has 0 saturated heterocycles. The summed E-state index contributed by atoms with van der Waals surface area (Å²) in [5.41, 5.74) is 3.93. The molecule has 0 aliphatic heterocycles. The molecule has 0 N–H and O–H groups in total. The highest BCUT2D eigenvalue weighted by Gasteiger charge is 2.17. The molecule has 19 heavy (non-hydrogen) atoms. The Morgan fingerprint density at radius 3 is 2.21 bits per heavy atom. The van der Waals surface area contributed by atoms with E-state index in [0.29, 0.717) is 6.61 Å². The monoisotopic (exact) mass is 254 g/mol. The Labute approximate surface area is 116 Å². The maximum Gasteiger partial charge on any atom is 0.122 e. The predicted octanol–water partition coefficient (Wildman–Crippen LogP) is 4.87. The number of para-hydroxylation sites is 1. The molecule has 0 saturated carbocycles. The fourth-order valence-corrected chi connectivity index (χ4v) is 2.25. The van der Waals surface area contributed by atoms with Gasteiger partial charge in [-0.15, -0.1) is 0 Å². The van der Waals surface area contributed by atoms with Crippen LogP contribution in [0.3, 0.4) is 0 Å². The van der Waals surface area contributed by atoms with Gasteiger partial charge in [-0.3, -0.25) is 0 Å². The van der Waals surface area contributed by atoms with E-state index in [-0.39, 0.29) is 5.41 Å². The Morgan fingerprint density at radius 2 is 1.53 bits per heavy atom. The van der Waals surface area contributed by atoms with Gasteiger partial charge < -0.3 is 4.74 Å². The smallest absolute Gasteiger partial charge is 0.122 e. The molecule has 100 valence electrons. The number of rotatable bonds is 3. The average molecular weight is 254 g/mol. The van der Waals surface area contributed by atoms with Crippen LogP contribution in [0.5, 0.6) is 5.75 Å². The Hall–Kier alpha value is -1.76. The van der Waals surface area contributed by atoms with Gasteiger partial charge in [0.25, 0.3) is 0 Å². The molecular formula is C18H22O. The van der Waals surface area contributed by atoms with Crippen molar-refractivity contribution in [3.8, 4) is 5.75 Å². The van der Waals surface area contributed by atoms with E-state index in [4.69, 9.17) is 4.74 Å². The summed E-state index contributed by atoms with van der Waals surface area (Å²) in [7, 11) is 0. The Kier molecular flexibility index (Phi) is 3.94. The zero-order valence-electron chi connectivity index (χ0n) is 12.2. The van der Waals surface area contributed by atoms with Crippen molar-refractivity contribution in [1.82, 2.24) is 0 Å². The first-order valence-electron chi connectivity index (χ1n) is 6.75. The molecule has 0 spiro atoms. The van der Waals surface area contributed by atoms with Crippen molar-refractivity contribution >= 4 is 0 Å². The van der Waals surface area contributed by atoms with Crippen LogP contribution in [-0.2, 0) is 12.0 Å². The summed E-state index contributed by atoms with van der Waals surface area (Å²) < 4.78 is 5.96. The molecule has 2 aromatic carbocycles. The minimum absolute atomic E-state index is 0.145. The van der Waals surface area contributed by atoms with Crippen molar-refractivity contribution in [1.29, 1.82) is 0 Å². The number of hydrogen-bond donors (Lipinski definition) is 0. The molecule has 0 heterocycles. The molecule has 1 heteroatoms. The molecule has 0 unspecified atom stereocenters. The lowest BCUT2D eigenvalue weighted by Crippen LogP contribution is -2.15. The van der Waals surface area contributed by atoms with Gasteiger partial charge in [-0.2, -0.15) is 0 Å². The van der Waals surface area contributed by atoms with Crippen LogP contribution < -0.4 is 4.74 Å². The maximum atomic E-state index is 5.96. The fourth-order valence-electron chi connectivity index (χ4n) is 2.25. The normalized spacial score (nSPS) is 11.4. The van der Waals surface area contributed by atoms with Crippen molar-refractivity contribution in [3.05, 3.63) is 65.2 Å². The second kappa shape index (κ2) is 5.48. The van der Waals surface area contributed by atoms with E-state index in [1.807, 2.05) is 18.2 Å². The summed E-state index contributed by atoms with van der Waals surface area (Å²) in [5.74, 6) is 0.964. The topological polar surface area (TPSA) is 9.23 Å². The van der Waals surface area contributed by atoms with Crippen LogP contribution in [0.25, 0.3) is 0 Å². The van der Waals surface area contributed by atoms with Crippen molar-refractivity contribution < 1.29 is 4.74 Å². The van der Waals surface area contributed by atoms with E-state index in [1.54, 1.807) is 0 Å². The van der Waals surface area contributed by atoms with Gasteiger partial charge in [0, 0.05) is 0 Å². The van der Waals surface area contributed by atoms with Crippen LogP contribution in [-0.4, -0.2) is 0 Å².